The average molecular weight is 260 g/mol. The van der Waals surface area contributed by atoms with Crippen molar-refractivity contribution < 1.29 is 9.59 Å². The molecule has 0 aromatic heterocycles. The van der Waals surface area contributed by atoms with Crippen molar-refractivity contribution >= 4 is 11.8 Å². The summed E-state index contributed by atoms with van der Waals surface area (Å²) >= 11 is 0. The Labute approximate surface area is 113 Å². The number of hydrogen-bond donors (Lipinski definition) is 2. The molecule has 102 valence electrons. The van der Waals surface area contributed by atoms with Crippen molar-refractivity contribution in [2.24, 2.45) is 5.92 Å². The Kier molecular flexibility index (Phi) is 4.95. The first-order valence-corrected chi connectivity index (χ1v) is 6.84. The van der Waals surface area contributed by atoms with Gasteiger partial charge < -0.3 is 10.6 Å². The lowest BCUT2D eigenvalue weighted by Gasteiger charge is -2.06. The van der Waals surface area contributed by atoms with Gasteiger partial charge in [0.05, 0.1) is 0 Å². The van der Waals surface area contributed by atoms with Crippen LogP contribution >= 0.6 is 0 Å². The summed E-state index contributed by atoms with van der Waals surface area (Å²) in [5.74, 6) is 0.386. The van der Waals surface area contributed by atoms with Crippen LogP contribution in [0.2, 0.25) is 0 Å². The number of amides is 2. The molecule has 1 aliphatic carbocycles. The van der Waals surface area contributed by atoms with Crippen LogP contribution in [0.5, 0.6) is 0 Å². The van der Waals surface area contributed by atoms with Crippen molar-refractivity contribution in [3.8, 4) is 0 Å². The van der Waals surface area contributed by atoms with Crippen LogP contribution in [0.3, 0.4) is 0 Å². The number of hydrogen-bond acceptors (Lipinski definition) is 2. The minimum absolute atomic E-state index is 0.0320. The maximum absolute atomic E-state index is 11.6. The van der Waals surface area contributed by atoms with Crippen LogP contribution in [0.1, 0.15) is 24.8 Å². The normalized spacial score (nSPS) is 13.9. The Morgan fingerprint density at radius 1 is 1.05 bits per heavy atom. The van der Waals surface area contributed by atoms with E-state index in [1.807, 2.05) is 30.3 Å². The highest BCUT2D eigenvalue weighted by Crippen LogP contribution is 2.28. The van der Waals surface area contributed by atoms with Gasteiger partial charge in [0.1, 0.15) is 0 Å². The van der Waals surface area contributed by atoms with Gasteiger partial charge in [0.15, 0.2) is 0 Å². The average Bonchev–Trinajstić information content (AvgIpc) is 3.27. The van der Waals surface area contributed by atoms with Gasteiger partial charge in [-0.15, -0.1) is 0 Å². The van der Waals surface area contributed by atoms with Crippen LogP contribution in [0.15, 0.2) is 30.3 Å². The lowest BCUT2D eigenvalue weighted by atomic mass is 10.1. The molecule has 2 amide bonds. The van der Waals surface area contributed by atoms with Crippen molar-refractivity contribution in [2.75, 3.05) is 13.1 Å². The van der Waals surface area contributed by atoms with Gasteiger partial charge in [-0.05, 0) is 24.8 Å². The quantitative estimate of drug-likeness (QED) is 0.725. The van der Waals surface area contributed by atoms with E-state index in [4.69, 9.17) is 0 Å². The molecule has 0 radical (unpaired) electrons. The van der Waals surface area contributed by atoms with Gasteiger partial charge in [-0.3, -0.25) is 9.59 Å². The topological polar surface area (TPSA) is 58.2 Å². The predicted octanol–water partition coefficient (Wildman–Crippen LogP) is 1.26. The van der Waals surface area contributed by atoms with Crippen LogP contribution in [-0.4, -0.2) is 24.9 Å². The summed E-state index contributed by atoms with van der Waals surface area (Å²) in [5, 5.41) is 5.63. The summed E-state index contributed by atoms with van der Waals surface area (Å²) in [6.07, 6.45) is 3.26. The van der Waals surface area contributed by atoms with E-state index >= 15 is 0 Å². The fourth-order valence-corrected chi connectivity index (χ4v) is 1.87. The van der Waals surface area contributed by atoms with Crippen LogP contribution in [0.25, 0.3) is 0 Å². The van der Waals surface area contributed by atoms with E-state index < -0.39 is 0 Å². The highest BCUT2D eigenvalue weighted by molar-refractivity contribution is 5.81. The molecule has 4 nitrogen and oxygen atoms in total. The van der Waals surface area contributed by atoms with Gasteiger partial charge in [-0.25, -0.2) is 0 Å². The Bertz CT molecular complexity index is 427. The molecule has 0 heterocycles. The number of rotatable bonds is 7. The Balaban J connectivity index is 1.53. The van der Waals surface area contributed by atoms with Crippen LogP contribution in [-0.2, 0) is 16.0 Å². The zero-order valence-electron chi connectivity index (χ0n) is 11.0. The first-order chi connectivity index (χ1) is 9.25. The van der Waals surface area contributed by atoms with E-state index in [-0.39, 0.29) is 17.7 Å². The zero-order valence-corrected chi connectivity index (χ0v) is 11.0. The monoisotopic (exact) mass is 260 g/mol. The maximum Gasteiger partial charge on any atom is 0.223 e. The molecule has 0 bridgehead atoms. The zero-order chi connectivity index (χ0) is 13.5. The van der Waals surface area contributed by atoms with E-state index in [0.717, 1.165) is 19.3 Å². The molecule has 4 heteroatoms. The third kappa shape index (κ3) is 5.12. The third-order valence-corrected chi connectivity index (χ3v) is 3.18. The molecule has 0 unspecified atom stereocenters. The fourth-order valence-electron chi connectivity index (χ4n) is 1.87. The standard InChI is InChI=1S/C15H20N2O2/c18-14(9-6-12-4-2-1-3-5-12)16-10-11-17-15(19)13-7-8-13/h1-5,13H,6-11H2,(H,16,18)(H,17,19). The Morgan fingerprint density at radius 3 is 2.42 bits per heavy atom. The van der Waals surface area contributed by atoms with Gasteiger partial charge in [0, 0.05) is 25.4 Å². The highest BCUT2D eigenvalue weighted by Gasteiger charge is 2.28. The fraction of sp³-hybridized carbons (Fsp3) is 0.467. The molecule has 2 N–H and O–H groups in total. The number of carbonyl (C=O) groups is 2. The SMILES string of the molecule is O=C(CCc1ccccc1)NCCNC(=O)C1CC1. The van der Waals surface area contributed by atoms with Crippen molar-refractivity contribution in [3.05, 3.63) is 35.9 Å². The molecule has 1 aromatic carbocycles. The summed E-state index contributed by atoms with van der Waals surface area (Å²) < 4.78 is 0. The number of nitrogens with one attached hydrogen (secondary N) is 2. The van der Waals surface area contributed by atoms with E-state index in [1.165, 1.54) is 5.56 Å². The summed E-state index contributed by atoms with van der Waals surface area (Å²) in [5.41, 5.74) is 1.17. The molecule has 1 fully saturated rings. The molecule has 0 atom stereocenters. The largest absolute Gasteiger partial charge is 0.354 e. The number of benzene rings is 1. The van der Waals surface area contributed by atoms with Crippen molar-refractivity contribution in [2.45, 2.75) is 25.7 Å². The minimum atomic E-state index is 0.0320. The van der Waals surface area contributed by atoms with Gasteiger partial charge in [0.25, 0.3) is 0 Å². The second kappa shape index (κ2) is 6.92. The van der Waals surface area contributed by atoms with Crippen LogP contribution in [0.4, 0.5) is 0 Å². The van der Waals surface area contributed by atoms with Crippen LogP contribution < -0.4 is 10.6 Å². The van der Waals surface area contributed by atoms with E-state index in [1.54, 1.807) is 0 Å². The van der Waals surface area contributed by atoms with Crippen molar-refractivity contribution in [1.29, 1.82) is 0 Å². The predicted molar refractivity (Wildman–Crippen MR) is 73.5 cm³/mol. The molecule has 1 saturated carbocycles. The number of aryl methyl sites for hydroxylation is 1. The molecule has 0 aliphatic heterocycles. The first-order valence-electron chi connectivity index (χ1n) is 6.84. The molecule has 2 rings (SSSR count). The Morgan fingerprint density at radius 2 is 1.74 bits per heavy atom. The summed E-state index contributed by atoms with van der Waals surface area (Å²) in [7, 11) is 0. The lowest BCUT2D eigenvalue weighted by molar-refractivity contribution is -0.123. The second-order valence-corrected chi connectivity index (χ2v) is 4.90. The van der Waals surface area contributed by atoms with Crippen LogP contribution in [0, 0.1) is 5.92 Å². The van der Waals surface area contributed by atoms with Crippen molar-refractivity contribution in [1.82, 2.24) is 10.6 Å². The molecular weight excluding hydrogens is 240 g/mol. The highest BCUT2D eigenvalue weighted by atomic mass is 16.2. The van der Waals surface area contributed by atoms with Gasteiger partial charge in [-0.1, -0.05) is 30.3 Å². The second-order valence-electron chi connectivity index (χ2n) is 4.90. The van der Waals surface area contributed by atoms with E-state index in [2.05, 4.69) is 10.6 Å². The van der Waals surface area contributed by atoms with E-state index in [0.29, 0.717) is 19.5 Å². The van der Waals surface area contributed by atoms with Gasteiger partial charge in [-0.2, -0.15) is 0 Å². The number of carbonyl (C=O) groups excluding carboxylic acids is 2. The summed E-state index contributed by atoms with van der Waals surface area (Å²) in [6.45, 7) is 1.03. The molecule has 0 spiro atoms. The van der Waals surface area contributed by atoms with Gasteiger partial charge in [0.2, 0.25) is 11.8 Å². The Hall–Kier alpha value is -1.84. The molecule has 1 aliphatic rings. The van der Waals surface area contributed by atoms with E-state index in [9.17, 15) is 9.59 Å². The lowest BCUT2D eigenvalue weighted by Crippen LogP contribution is -2.35. The molecule has 19 heavy (non-hydrogen) atoms. The smallest absolute Gasteiger partial charge is 0.223 e. The molecular formula is C15H20N2O2. The summed E-state index contributed by atoms with van der Waals surface area (Å²) in [4.78, 5) is 22.9. The minimum Gasteiger partial charge on any atom is -0.354 e. The molecule has 0 saturated heterocycles. The third-order valence-electron chi connectivity index (χ3n) is 3.18. The molecule has 1 aromatic rings. The van der Waals surface area contributed by atoms with Crippen molar-refractivity contribution in [3.63, 3.8) is 0 Å². The first kappa shape index (κ1) is 13.6. The van der Waals surface area contributed by atoms with Gasteiger partial charge >= 0.3 is 0 Å². The maximum atomic E-state index is 11.6. The summed E-state index contributed by atoms with van der Waals surface area (Å²) in [6, 6.07) is 9.94.